The molecule has 0 radical (unpaired) electrons. The van der Waals surface area contributed by atoms with Crippen LogP contribution in [-0.2, 0) is 6.61 Å². The van der Waals surface area contributed by atoms with Crippen LogP contribution in [0.3, 0.4) is 0 Å². The van der Waals surface area contributed by atoms with Gasteiger partial charge in [0.2, 0.25) is 5.82 Å². The summed E-state index contributed by atoms with van der Waals surface area (Å²) < 4.78 is 23.5. The second kappa shape index (κ2) is 6.06. The third kappa shape index (κ3) is 2.94. The van der Waals surface area contributed by atoms with Crippen LogP contribution in [-0.4, -0.2) is 10.1 Å². The van der Waals surface area contributed by atoms with Gasteiger partial charge in [-0.15, -0.1) is 0 Å². The first kappa shape index (κ1) is 13.8. The highest BCUT2D eigenvalue weighted by Gasteiger charge is 2.10. The molecule has 108 valence electrons. The molecule has 5 nitrogen and oxygen atoms in total. The highest BCUT2D eigenvalue weighted by Crippen LogP contribution is 2.20. The first-order chi connectivity index (χ1) is 10.8. The Hall–Kier alpha value is -3.20. The molecule has 22 heavy (non-hydrogen) atoms. The fourth-order valence-corrected chi connectivity index (χ4v) is 1.85. The van der Waals surface area contributed by atoms with Gasteiger partial charge in [-0.25, -0.2) is 4.39 Å². The van der Waals surface area contributed by atoms with E-state index in [2.05, 4.69) is 10.1 Å². The molecule has 0 aliphatic rings. The van der Waals surface area contributed by atoms with Crippen LogP contribution in [0.25, 0.3) is 11.5 Å². The number of para-hydroxylation sites is 1. The van der Waals surface area contributed by atoms with Gasteiger partial charge in [-0.1, -0.05) is 17.3 Å². The van der Waals surface area contributed by atoms with Crippen molar-refractivity contribution in [3.63, 3.8) is 0 Å². The van der Waals surface area contributed by atoms with Crippen LogP contribution in [0.1, 0.15) is 11.4 Å². The smallest absolute Gasteiger partial charge is 0.258 e. The number of hydrogen-bond acceptors (Lipinski definition) is 5. The lowest BCUT2D eigenvalue weighted by Gasteiger charge is -2.04. The minimum Gasteiger partial charge on any atom is -0.484 e. The Kier molecular flexibility index (Phi) is 3.79. The van der Waals surface area contributed by atoms with Crippen LogP contribution in [0.4, 0.5) is 4.39 Å². The van der Waals surface area contributed by atoms with Gasteiger partial charge < -0.3 is 9.26 Å². The van der Waals surface area contributed by atoms with Gasteiger partial charge >= 0.3 is 0 Å². The summed E-state index contributed by atoms with van der Waals surface area (Å²) >= 11 is 0. The van der Waals surface area contributed by atoms with Crippen LogP contribution < -0.4 is 4.74 Å². The predicted octanol–water partition coefficient (Wildman–Crippen LogP) is 3.33. The highest BCUT2D eigenvalue weighted by atomic mass is 19.1. The summed E-state index contributed by atoms with van der Waals surface area (Å²) in [5, 5.41) is 12.8. The zero-order chi connectivity index (χ0) is 15.4. The summed E-state index contributed by atoms with van der Waals surface area (Å²) in [6, 6.07) is 14.7. The zero-order valence-corrected chi connectivity index (χ0v) is 11.4. The molecule has 0 aliphatic carbocycles. The van der Waals surface area contributed by atoms with Gasteiger partial charge in [0.1, 0.15) is 17.6 Å². The molecule has 0 saturated heterocycles. The molecule has 0 amide bonds. The molecule has 1 heterocycles. The van der Waals surface area contributed by atoms with E-state index < -0.39 is 0 Å². The molecule has 0 bridgehead atoms. The molecule has 0 saturated carbocycles. The van der Waals surface area contributed by atoms with Crippen LogP contribution in [0.15, 0.2) is 53.1 Å². The van der Waals surface area contributed by atoms with E-state index in [0.717, 1.165) is 0 Å². The van der Waals surface area contributed by atoms with E-state index in [1.807, 2.05) is 6.07 Å². The Morgan fingerprint density at radius 1 is 1.14 bits per heavy atom. The van der Waals surface area contributed by atoms with E-state index in [9.17, 15) is 4.39 Å². The number of nitriles is 1. The average Bonchev–Trinajstić information content (AvgIpc) is 3.03. The quantitative estimate of drug-likeness (QED) is 0.738. The van der Waals surface area contributed by atoms with Crippen molar-refractivity contribution >= 4 is 0 Å². The van der Waals surface area contributed by atoms with Crippen LogP contribution in [0, 0.1) is 17.1 Å². The van der Waals surface area contributed by atoms with E-state index >= 15 is 0 Å². The molecule has 0 aliphatic heterocycles. The minimum atomic E-state index is -0.333. The van der Waals surface area contributed by atoms with Crippen molar-refractivity contribution in [2.24, 2.45) is 0 Å². The monoisotopic (exact) mass is 295 g/mol. The van der Waals surface area contributed by atoms with Crippen LogP contribution >= 0.6 is 0 Å². The molecule has 3 rings (SSSR count). The fraction of sp³-hybridized carbons (Fsp3) is 0.0625. The van der Waals surface area contributed by atoms with Gasteiger partial charge in [-0.3, -0.25) is 0 Å². The number of aromatic nitrogens is 2. The van der Waals surface area contributed by atoms with Crippen molar-refractivity contribution in [1.29, 1.82) is 5.26 Å². The van der Waals surface area contributed by atoms with Crippen molar-refractivity contribution < 1.29 is 13.7 Å². The normalized spacial score (nSPS) is 10.2. The lowest BCUT2D eigenvalue weighted by Crippen LogP contribution is -1.99. The number of benzene rings is 2. The van der Waals surface area contributed by atoms with Crippen molar-refractivity contribution in [2.45, 2.75) is 6.61 Å². The number of nitrogens with zero attached hydrogens (tertiary/aromatic N) is 3. The minimum absolute atomic E-state index is 0.0728. The molecule has 0 unspecified atom stereocenters. The number of rotatable bonds is 4. The Balaban J connectivity index is 1.72. The van der Waals surface area contributed by atoms with Gasteiger partial charge in [0, 0.05) is 5.56 Å². The topological polar surface area (TPSA) is 71.9 Å². The average molecular weight is 295 g/mol. The summed E-state index contributed by atoms with van der Waals surface area (Å²) in [5.74, 6) is 0.748. The first-order valence-corrected chi connectivity index (χ1v) is 6.47. The molecule has 0 fully saturated rings. The van der Waals surface area contributed by atoms with Crippen LogP contribution in [0.5, 0.6) is 5.75 Å². The summed E-state index contributed by atoms with van der Waals surface area (Å²) in [4.78, 5) is 4.17. The van der Waals surface area contributed by atoms with Gasteiger partial charge in [-0.05, 0) is 36.4 Å². The van der Waals surface area contributed by atoms with E-state index in [0.29, 0.717) is 22.7 Å². The first-order valence-electron chi connectivity index (χ1n) is 6.47. The Labute approximate surface area is 125 Å². The van der Waals surface area contributed by atoms with E-state index in [-0.39, 0.29) is 18.3 Å². The standard InChI is InChI=1S/C16H10FN3O2/c17-13-7-5-11(6-8-13)16-19-15(20-22-16)10-21-14-4-2-1-3-12(14)9-18/h1-8H,10H2. The predicted molar refractivity (Wildman–Crippen MR) is 75.2 cm³/mol. The SMILES string of the molecule is N#Cc1ccccc1OCc1noc(-c2ccc(F)cc2)n1. The van der Waals surface area contributed by atoms with E-state index in [4.69, 9.17) is 14.5 Å². The third-order valence-corrected chi connectivity index (χ3v) is 2.92. The molecule has 0 atom stereocenters. The summed E-state index contributed by atoms with van der Waals surface area (Å²) in [5.41, 5.74) is 1.06. The van der Waals surface area contributed by atoms with Crippen molar-refractivity contribution in [2.75, 3.05) is 0 Å². The van der Waals surface area contributed by atoms with Gasteiger partial charge in [0.15, 0.2) is 6.61 Å². The Bertz CT molecular complexity index is 822. The molecular formula is C16H10FN3O2. The van der Waals surface area contributed by atoms with Gasteiger partial charge in [-0.2, -0.15) is 10.2 Å². The highest BCUT2D eigenvalue weighted by molar-refractivity contribution is 5.52. The third-order valence-electron chi connectivity index (χ3n) is 2.92. The lowest BCUT2D eigenvalue weighted by molar-refractivity contribution is 0.286. The van der Waals surface area contributed by atoms with Gasteiger partial charge in [0.05, 0.1) is 5.56 Å². The number of halogens is 1. The molecule has 2 aromatic carbocycles. The van der Waals surface area contributed by atoms with Crippen LogP contribution in [0.2, 0.25) is 0 Å². The van der Waals surface area contributed by atoms with Crippen molar-refractivity contribution in [1.82, 2.24) is 10.1 Å². The maximum Gasteiger partial charge on any atom is 0.258 e. The zero-order valence-electron chi connectivity index (χ0n) is 11.4. The van der Waals surface area contributed by atoms with Crippen molar-refractivity contribution in [3.8, 4) is 23.3 Å². The second-order valence-corrected chi connectivity index (χ2v) is 4.42. The van der Waals surface area contributed by atoms with Gasteiger partial charge in [0.25, 0.3) is 5.89 Å². The largest absolute Gasteiger partial charge is 0.484 e. The molecule has 1 aromatic heterocycles. The molecular weight excluding hydrogens is 285 g/mol. The van der Waals surface area contributed by atoms with Crippen molar-refractivity contribution in [3.05, 3.63) is 65.7 Å². The molecule has 3 aromatic rings. The molecule has 0 N–H and O–H groups in total. The fourth-order valence-electron chi connectivity index (χ4n) is 1.85. The molecule has 6 heteroatoms. The maximum absolute atomic E-state index is 12.9. The summed E-state index contributed by atoms with van der Waals surface area (Å²) in [6.07, 6.45) is 0. The summed E-state index contributed by atoms with van der Waals surface area (Å²) in [7, 11) is 0. The maximum atomic E-state index is 12.9. The second-order valence-electron chi connectivity index (χ2n) is 4.42. The Morgan fingerprint density at radius 2 is 1.91 bits per heavy atom. The summed E-state index contributed by atoms with van der Waals surface area (Å²) in [6.45, 7) is 0.0728. The number of ether oxygens (including phenoxy) is 1. The Morgan fingerprint density at radius 3 is 2.68 bits per heavy atom. The number of hydrogen-bond donors (Lipinski definition) is 0. The van der Waals surface area contributed by atoms with E-state index in [1.165, 1.54) is 12.1 Å². The lowest BCUT2D eigenvalue weighted by atomic mass is 10.2. The van der Waals surface area contributed by atoms with E-state index in [1.54, 1.807) is 36.4 Å². The molecule has 0 spiro atoms.